The molecule has 0 aliphatic heterocycles. The van der Waals surface area contributed by atoms with Gasteiger partial charge in [0, 0.05) is 12.6 Å². The molecule has 0 aliphatic rings. The number of nitrogens with one attached hydrogen (secondary N) is 2. The first kappa shape index (κ1) is 13.8. The highest BCUT2D eigenvalue weighted by atomic mass is 32.2. The van der Waals surface area contributed by atoms with Gasteiger partial charge in [0.2, 0.25) is 10.0 Å². The molecule has 0 aromatic carbocycles. The van der Waals surface area contributed by atoms with Crippen LogP contribution in [0.1, 0.15) is 20.3 Å². The third-order valence-corrected chi connectivity index (χ3v) is 2.64. The first-order valence-corrected chi connectivity index (χ1v) is 6.58. The third-order valence-electron chi connectivity index (χ3n) is 1.91. The summed E-state index contributed by atoms with van der Waals surface area (Å²) in [5.41, 5.74) is 0. The Hall–Kier alpha value is -0.170. The van der Waals surface area contributed by atoms with Crippen molar-refractivity contribution >= 4 is 10.0 Å². The molecule has 0 fully saturated rings. The smallest absolute Gasteiger partial charge is 0.208 e. The lowest BCUT2D eigenvalue weighted by Crippen LogP contribution is -2.37. The third kappa shape index (κ3) is 8.43. The van der Waals surface area contributed by atoms with E-state index in [1.807, 2.05) is 6.92 Å². The summed E-state index contributed by atoms with van der Waals surface area (Å²) in [6, 6.07) is 0.0354. The summed E-state index contributed by atoms with van der Waals surface area (Å²) in [5, 5.41) is 12.2. The second kappa shape index (κ2) is 6.34. The normalized spacial score (nSPS) is 16.6. The zero-order chi connectivity index (χ0) is 11.2. The quantitative estimate of drug-likeness (QED) is 0.499. The fraction of sp³-hybridized carbons (Fsp3) is 1.00. The molecule has 0 radical (unpaired) electrons. The molecular formula is C8H20N2O3S. The first-order chi connectivity index (χ1) is 6.33. The minimum atomic E-state index is -3.07. The van der Waals surface area contributed by atoms with Crippen molar-refractivity contribution in [1.29, 1.82) is 0 Å². The van der Waals surface area contributed by atoms with Gasteiger partial charge in [-0.2, -0.15) is 0 Å². The lowest BCUT2D eigenvalue weighted by Gasteiger charge is -2.16. The molecule has 5 nitrogen and oxygen atoms in total. The zero-order valence-corrected chi connectivity index (χ0v) is 9.76. The SMILES string of the molecule is CC(O)C(C)NCCCNS(C)(=O)=O. The highest BCUT2D eigenvalue weighted by Crippen LogP contribution is 1.90. The topological polar surface area (TPSA) is 78.4 Å². The molecule has 0 saturated heterocycles. The summed E-state index contributed by atoms with van der Waals surface area (Å²) in [4.78, 5) is 0. The number of hydrogen-bond donors (Lipinski definition) is 3. The average molecular weight is 224 g/mol. The summed E-state index contributed by atoms with van der Waals surface area (Å²) in [6.07, 6.45) is 1.46. The standard InChI is InChI=1S/C8H20N2O3S/c1-7(8(2)11)9-5-4-6-10-14(3,12)13/h7-11H,4-6H2,1-3H3. The Morgan fingerprint density at radius 1 is 1.29 bits per heavy atom. The number of aliphatic hydroxyl groups excluding tert-OH is 1. The Morgan fingerprint density at radius 2 is 1.86 bits per heavy atom. The molecule has 14 heavy (non-hydrogen) atoms. The molecule has 0 saturated carbocycles. The van der Waals surface area contributed by atoms with E-state index in [2.05, 4.69) is 10.0 Å². The predicted molar refractivity (Wildman–Crippen MR) is 56.6 cm³/mol. The molecule has 6 heteroatoms. The van der Waals surface area contributed by atoms with E-state index in [0.29, 0.717) is 19.5 Å². The Labute approximate surface area is 85.9 Å². The van der Waals surface area contributed by atoms with Gasteiger partial charge in [-0.05, 0) is 26.8 Å². The van der Waals surface area contributed by atoms with E-state index in [-0.39, 0.29) is 6.04 Å². The maximum atomic E-state index is 10.7. The number of hydrogen-bond acceptors (Lipinski definition) is 4. The number of rotatable bonds is 7. The average Bonchev–Trinajstić information content (AvgIpc) is 2.01. The monoisotopic (exact) mass is 224 g/mol. The Balaban J connectivity index is 3.39. The van der Waals surface area contributed by atoms with Crippen LogP contribution in [0.3, 0.4) is 0 Å². The maximum absolute atomic E-state index is 10.7. The van der Waals surface area contributed by atoms with Crippen molar-refractivity contribution in [2.45, 2.75) is 32.4 Å². The van der Waals surface area contributed by atoms with Crippen molar-refractivity contribution in [3.63, 3.8) is 0 Å². The van der Waals surface area contributed by atoms with Crippen LogP contribution in [0.25, 0.3) is 0 Å². The largest absolute Gasteiger partial charge is 0.392 e. The zero-order valence-electron chi connectivity index (χ0n) is 8.95. The highest BCUT2D eigenvalue weighted by Gasteiger charge is 2.06. The van der Waals surface area contributed by atoms with Crippen LogP contribution < -0.4 is 10.0 Å². The van der Waals surface area contributed by atoms with Gasteiger partial charge in [-0.1, -0.05) is 0 Å². The Kier molecular flexibility index (Phi) is 6.26. The summed E-state index contributed by atoms with van der Waals surface area (Å²) in [7, 11) is -3.07. The van der Waals surface area contributed by atoms with Gasteiger partial charge in [0.15, 0.2) is 0 Å². The van der Waals surface area contributed by atoms with Crippen LogP contribution >= 0.6 is 0 Å². The summed E-state index contributed by atoms with van der Waals surface area (Å²) < 4.78 is 23.7. The van der Waals surface area contributed by atoms with E-state index in [0.717, 1.165) is 6.26 Å². The molecule has 0 amide bonds. The summed E-state index contributed by atoms with van der Waals surface area (Å²) >= 11 is 0. The fourth-order valence-corrected chi connectivity index (χ4v) is 1.36. The van der Waals surface area contributed by atoms with Crippen molar-refractivity contribution in [1.82, 2.24) is 10.0 Å². The Morgan fingerprint density at radius 3 is 2.29 bits per heavy atom. The summed E-state index contributed by atoms with van der Waals surface area (Å²) in [6.45, 7) is 4.72. The van der Waals surface area contributed by atoms with Gasteiger partial charge in [0.25, 0.3) is 0 Å². The second-order valence-corrected chi connectivity index (χ2v) is 5.34. The summed E-state index contributed by atoms with van der Waals surface area (Å²) in [5.74, 6) is 0. The van der Waals surface area contributed by atoms with Gasteiger partial charge >= 0.3 is 0 Å². The van der Waals surface area contributed by atoms with Crippen LogP contribution in [-0.2, 0) is 10.0 Å². The molecule has 2 unspecified atom stereocenters. The van der Waals surface area contributed by atoms with Crippen LogP contribution in [0, 0.1) is 0 Å². The molecule has 0 spiro atoms. The van der Waals surface area contributed by atoms with Crippen molar-refractivity contribution < 1.29 is 13.5 Å². The van der Waals surface area contributed by atoms with E-state index in [9.17, 15) is 8.42 Å². The van der Waals surface area contributed by atoms with E-state index in [1.165, 1.54) is 0 Å². The molecule has 3 N–H and O–H groups in total. The van der Waals surface area contributed by atoms with E-state index < -0.39 is 16.1 Å². The molecule has 0 aliphatic carbocycles. The predicted octanol–water partition coefficient (Wildman–Crippen LogP) is -0.715. The van der Waals surface area contributed by atoms with Crippen molar-refractivity contribution in [2.24, 2.45) is 0 Å². The number of aliphatic hydroxyl groups is 1. The maximum Gasteiger partial charge on any atom is 0.208 e. The molecule has 0 aromatic rings. The van der Waals surface area contributed by atoms with Gasteiger partial charge in [0.1, 0.15) is 0 Å². The minimum Gasteiger partial charge on any atom is -0.392 e. The molecular weight excluding hydrogens is 204 g/mol. The van der Waals surface area contributed by atoms with E-state index in [4.69, 9.17) is 5.11 Å². The van der Waals surface area contributed by atoms with Crippen molar-refractivity contribution in [3.8, 4) is 0 Å². The van der Waals surface area contributed by atoms with Crippen LogP contribution in [0.4, 0.5) is 0 Å². The van der Waals surface area contributed by atoms with Crippen molar-refractivity contribution in [3.05, 3.63) is 0 Å². The highest BCUT2D eigenvalue weighted by molar-refractivity contribution is 7.88. The fourth-order valence-electron chi connectivity index (χ4n) is 0.846. The van der Waals surface area contributed by atoms with Crippen LogP contribution in [0.15, 0.2) is 0 Å². The molecule has 86 valence electrons. The molecule has 0 aromatic heterocycles. The van der Waals surface area contributed by atoms with Crippen LogP contribution in [0.2, 0.25) is 0 Å². The first-order valence-electron chi connectivity index (χ1n) is 4.69. The van der Waals surface area contributed by atoms with E-state index in [1.54, 1.807) is 6.92 Å². The Bertz CT molecular complexity index is 239. The minimum absolute atomic E-state index is 0.0354. The van der Waals surface area contributed by atoms with Gasteiger partial charge in [0.05, 0.1) is 12.4 Å². The molecule has 0 rings (SSSR count). The molecule has 0 heterocycles. The van der Waals surface area contributed by atoms with Crippen LogP contribution in [-0.4, -0.2) is 45.0 Å². The van der Waals surface area contributed by atoms with E-state index >= 15 is 0 Å². The van der Waals surface area contributed by atoms with Crippen molar-refractivity contribution in [2.75, 3.05) is 19.3 Å². The second-order valence-electron chi connectivity index (χ2n) is 3.50. The molecule has 0 bridgehead atoms. The lowest BCUT2D eigenvalue weighted by atomic mass is 10.2. The van der Waals surface area contributed by atoms with Gasteiger partial charge in [-0.15, -0.1) is 0 Å². The number of sulfonamides is 1. The van der Waals surface area contributed by atoms with Gasteiger partial charge < -0.3 is 10.4 Å². The van der Waals surface area contributed by atoms with Crippen LogP contribution in [0.5, 0.6) is 0 Å². The van der Waals surface area contributed by atoms with Gasteiger partial charge in [-0.3, -0.25) is 0 Å². The van der Waals surface area contributed by atoms with Gasteiger partial charge in [-0.25, -0.2) is 13.1 Å². The molecule has 2 atom stereocenters. The lowest BCUT2D eigenvalue weighted by molar-refractivity contribution is 0.153.